The zero-order chi connectivity index (χ0) is 20.8. The van der Waals surface area contributed by atoms with Crippen LogP contribution in [-0.4, -0.2) is 33.4 Å². The average Bonchev–Trinajstić information content (AvgIpc) is 3.28. The van der Waals surface area contributed by atoms with Gasteiger partial charge in [-0.2, -0.15) is 0 Å². The average molecular weight is 403 g/mol. The van der Waals surface area contributed by atoms with Crippen LogP contribution in [-0.2, 0) is 24.4 Å². The molecule has 156 valence electrons. The Morgan fingerprint density at radius 1 is 1.03 bits per heavy atom. The summed E-state index contributed by atoms with van der Waals surface area (Å²) in [5, 5.41) is 3.13. The Hall–Kier alpha value is -2.92. The van der Waals surface area contributed by atoms with Crippen LogP contribution >= 0.6 is 0 Å². The Morgan fingerprint density at radius 3 is 2.47 bits per heavy atom. The molecule has 2 heterocycles. The monoisotopic (exact) mass is 402 g/mol. The summed E-state index contributed by atoms with van der Waals surface area (Å²) in [7, 11) is 0. The molecule has 0 saturated carbocycles. The number of benzene rings is 2. The molecule has 0 unspecified atom stereocenters. The molecule has 5 nitrogen and oxygen atoms in total. The predicted molar refractivity (Wildman–Crippen MR) is 119 cm³/mol. The van der Waals surface area contributed by atoms with E-state index in [-0.39, 0.29) is 11.8 Å². The summed E-state index contributed by atoms with van der Waals surface area (Å²) in [6, 6.07) is 17.0. The van der Waals surface area contributed by atoms with Crippen molar-refractivity contribution in [1.29, 1.82) is 0 Å². The van der Waals surface area contributed by atoms with Gasteiger partial charge in [-0.15, -0.1) is 0 Å². The molecule has 0 radical (unpaired) electrons. The summed E-state index contributed by atoms with van der Waals surface area (Å²) < 4.78 is 2.04. The lowest BCUT2D eigenvalue weighted by molar-refractivity contribution is -0.126. The zero-order valence-electron chi connectivity index (χ0n) is 17.6. The standard InChI is InChI=1S/C25H30N4O/c1-20-4-2-3-5-24(20)18-28-13-10-23(11-14-28)25(30)27-16-21-6-8-22(9-7-21)17-29-15-12-26-19-29/h2-9,12,15,19,23H,10-11,13-14,16-18H2,1H3,(H,27,30). The van der Waals surface area contributed by atoms with Gasteiger partial charge in [-0.1, -0.05) is 48.5 Å². The number of likely N-dealkylation sites (tertiary alicyclic amines) is 1. The van der Waals surface area contributed by atoms with Gasteiger partial charge in [-0.25, -0.2) is 4.98 Å². The van der Waals surface area contributed by atoms with E-state index in [0.29, 0.717) is 6.54 Å². The van der Waals surface area contributed by atoms with Gasteiger partial charge in [0.05, 0.1) is 6.33 Å². The first-order valence-electron chi connectivity index (χ1n) is 10.8. The van der Waals surface area contributed by atoms with Crippen LogP contribution in [0.3, 0.4) is 0 Å². The van der Waals surface area contributed by atoms with Gasteiger partial charge >= 0.3 is 0 Å². The van der Waals surface area contributed by atoms with Gasteiger partial charge in [0.1, 0.15) is 0 Å². The molecule has 0 atom stereocenters. The largest absolute Gasteiger partial charge is 0.352 e. The van der Waals surface area contributed by atoms with E-state index in [9.17, 15) is 4.79 Å². The van der Waals surface area contributed by atoms with Gasteiger partial charge in [0.15, 0.2) is 0 Å². The second-order valence-electron chi connectivity index (χ2n) is 8.25. The topological polar surface area (TPSA) is 50.2 Å². The number of hydrogen-bond donors (Lipinski definition) is 1. The number of nitrogens with zero attached hydrogens (tertiary/aromatic N) is 3. The molecule has 2 aromatic carbocycles. The van der Waals surface area contributed by atoms with Crippen molar-refractivity contribution in [2.24, 2.45) is 5.92 Å². The van der Waals surface area contributed by atoms with E-state index in [2.05, 4.69) is 70.7 Å². The first-order chi connectivity index (χ1) is 14.7. The van der Waals surface area contributed by atoms with Crippen LogP contribution in [0, 0.1) is 12.8 Å². The maximum absolute atomic E-state index is 12.6. The van der Waals surface area contributed by atoms with Crippen molar-refractivity contribution in [3.63, 3.8) is 0 Å². The lowest BCUT2D eigenvalue weighted by Crippen LogP contribution is -2.40. The SMILES string of the molecule is Cc1ccccc1CN1CCC(C(=O)NCc2ccc(Cn3ccnc3)cc2)CC1. The predicted octanol–water partition coefficient (Wildman–Crippen LogP) is 3.77. The molecule has 0 bridgehead atoms. The molecule has 1 N–H and O–H groups in total. The minimum Gasteiger partial charge on any atom is -0.352 e. The van der Waals surface area contributed by atoms with E-state index in [0.717, 1.165) is 44.6 Å². The van der Waals surface area contributed by atoms with Crippen LogP contribution in [0.15, 0.2) is 67.3 Å². The second kappa shape index (κ2) is 9.72. The van der Waals surface area contributed by atoms with Crippen molar-refractivity contribution in [3.8, 4) is 0 Å². The van der Waals surface area contributed by atoms with Crippen LogP contribution in [0.5, 0.6) is 0 Å². The molecule has 30 heavy (non-hydrogen) atoms. The maximum atomic E-state index is 12.6. The number of rotatable bonds is 7. The lowest BCUT2D eigenvalue weighted by atomic mass is 9.95. The fourth-order valence-corrected chi connectivity index (χ4v) is 4.07. The van der Waals surface area contributed by atoms with Crippen LogP contribution < -0.4 is 5.32 Å². The number of carbonyl (C=O) groups is 1. The Bertz CT molecular complexity index is 942. The van der Waals surface area contributed by atoms with Crippen molar-refractivity contribution in [1.82, 2.24) is 19.8 Å². The van der Waals surface area contributed by atoms with Gasteiger partial charge in [-0.3, -0.25) is 9.69 Å². The van der Waals surface area contributed by atoms with Crippen LogP contribution in [0.25, 0.3) is 0 Å². The molecule has 0 spiro atoms. The quantitative estimate of drug-likeness (QED) is 0.655. The third kappa shape index (κ3) is 5.36. The Morgan fingerprint density at radius 2 is 1.77 bits per heavy atom. The first kappa shape index (κ1) is 20.4. The number of nitrogens with one attached hydrogen (secondary N) is 1. The molecular formula is C25H30N4O. The van der Waals surface area contributed by atoms with Crippen molar-refractivity contribution in [2.45, 2.75) is 39.4 Å². The van der Waals surface area contributed by atoms with Crippen LogP contribution in [0.2, 0.25) is 0 Å². The lowest BCUT2D eigenvalue weighted by Gasteiger charge is -2.31. The smallest absolute Gasteiger partial charge is 0.223 e. The van der Waals surface area contributed by atoms with Crippen molar-refractivity contribution in [3.05, 3.63) is 89.5 Å². The molecule has 5 heteroatoms. The third-order valence-corrected chi connectivity index (χ3v) is 6.03. The third-order valence-electron chi connectivity index (χ3n) is 6.03. The molecule has 1 amide bonds. The van der Waals surface area contributed by atoms with Gasteiger partial charge in [0.25, 0.3) is 0 Å². The fraction of sp³-hybridized carbons (Fsp3) is 0.360. The molecule has 1 aromatic heterocycles. The summed E-state index contributed by atoms with van der Waals surface area (Å²) in [6.45, 7) is 6.51. The molecule has 1 saturated heterocycles. The van der Waals surface area contributed by atoms with E-state index in [1.807, 2.05) is 17.1 Å². The van der Waals surface area contributed by atoms with E-state index in [1.165, 1.54) is 16.7 Å². The maximum Gasteiger partial charge on any atom is 0.223 e. The molecule has 1 aliphatic heterocycles. The van der Waals surface area contributed by atoms with Gasteiger partial charge in [0.2, 0.25) is 5.91 Å². The number of imidazole rings is 1. The number of aryl methyl sites for hydroxylation is 1. The highest BCUT2D eigenvalue weighted by Gasteiger charge is 2.24. The second-order valence-corrected chi connectivity index (χ2v) is 8.25. The minimum atomic E-state index is 0.124. The van der Waals surface area contributed by atoms with E-state index in [4.69, 9.17) is 0 Å². The van der Waals surface area contributed by atoms with Crippen molar-refractivity contribution < 1.29 is 4.79 Å². The van der Waals surface area contributed by atoms with Gasteiger partial charge < -0.3 is 9.88 Å². The van der Waals surface area contributed by atoms with E-state index in [1.54, 1.807) is 6.20 Å². The molecule has 4 rings (SSSR count). The highest BCUT2D eigenvalue weighted by Crippen LogP contribution is 2.20. The number of amides is 1. The number of carbonyl (C=O) groups excluding carboxylic acids is 1. The highest BCUT2D eigenvalue weighted by molar-refractivity contribution is 5.78. The Kier molecular flexibility index (Phi) is 6.60. The number of piperidine rings is 1. The first-order valence-corrected chi connectivity index (χ1v) is 10.8. The summed E-state index contributed by atoms with van der Waals surface area (Å²) in [5.41, 5.74) is 5.09. The highest BCUT2D eigenvalue weighted by atomic mass is 16.1. The summed E-state index contributed by atoms with van der Waals surface area (Å²) in [6.07, 6.45) is 7.43. The minimum absolute atomic E-state index is 0.124. The zero-order valence-corrected chi connectivity index (χ0v) is 17.6. The Labute approximate surface area is 178 Å². The summed E-state index contributed by atoms with van der Waals surface area (Å²) in [5.74, 6) is 0.312. The molecule has 0 aliphatic carbocycles. The molecule has 3 aromatic rings. The van der Waals surface area contributed by atoms with Crippen molar-refractivity contribution in [2.75, 3.05) is 13.1 Å². The van der Waals surface area contributed by atoms with Crippen LogP contribution in [0.4, 0.5) is 0 Å². The fourth-order valence-electron chi connectivity index (χ4n) is 4.07. The van der Waals surface area contributed by atoms with Gasteiger partial charge in [-0.05, 0) is 55.1 Å². The summed E-state index contributed by atoms with van der Waals surface area (Å²) in [4.78, 5) is 19.2. The van der Waals surface area contributed by atoms with Gasteiger partial charge in [0, 0.05) is 37.9 Å². The van der Waals surface area contributed by atoms with Crippen LogP contribution in [0.1, 0.15) is 35.1 Å². The molecular weight excluding hydrogens is 372 g/mol. The van der Waals surface area contributed by atoms with Crippen molar-refractivity contribution >= 4 is 5.91 Å². The Balaban J connectivity index is 1.21. The van der Waals surface area contributed by atoms with E-state index >= 15 is 0 Å². The van der Waals surface area contributed by atoms with E-state index < -0.39 is 0 Å². The summed E-state index contributed by atoms with van der Waals surface area (Å²) >= 11 is 0. The molecule has 1 aliphatic rings. The number of aromatic nitrogens is 2. The number of hydrogen-bond acceptors (Lipinski definition) is 3. The normalized spacial score (nSPS) is 15.2. The molecule has 1 fully saturated rings.